The summed E-state index contributed by atoms with van der Waals surface area (Å²) in [4.78, 5) is 21.5. The summed E-state index contributed by atoms with van der Waals surface area (Å²) in [5.41, 5.74) is 1.23. The standard InChI is InChI=1S/C16H15NO6/c18-15(13-4-2-1-3-5-13)23-16(19)22-11-10-12-6-8-14(9-7-12)17(20)21/h1-9,15,18H,10-11H2. The Labute approximate surface area is 132 Å². The first-order valence-electron chi connectivity index (χ1n) is 6.86. The van der Waals surface area contributed by atoms with E-state index in [-0.39, 0.29) is 12.3 Å². The second-order valence-corrected chi connectivity index (χ2v) is 4.65. The monoisotopic (exact) mass is 317 g/mol. The largest absolute Gasteiger partial charge is 0.510 e. The first kappa shape index (κ1) is 16.4. The van der Waals surface area contributed by atoms with Gasteiger partial charge in [0.15, 0.2) is 0 Å². The van der Waals surface area contributed by atoms with Crippen molar-refractivity contribution >= 4 is 11.8 Å². The molecule has 0 saturated carbocycles. The van der Waals surface area contributed by atoms with Crippen molar-refractivity contribution < 1.29 is 24.3 Å². The lowest BCUT2D eigenvalue weighted by Crippen LogP contribution is -2.14. The van der Waals surface area contributed by atoms with Gasteiger partial charge in [-0.05, 0) is 5.56 Å². The number of aliphatic hydroxyl groups excluding tert-OH is 1. The molecule has 0 spiro atoms. The predicted octanol–water partition coefficient (Wildman–Crippen LogP) is 2.98. The highest BCUT2D eigenvalue weighted by atomic mass is 16.8. The summed E-state index contributed by atoms with van der Waals surface area (Å²) in [5, 5.41) is 20.2. The fraction of sp³-hybridized carbons (Fsp3) is 0.188. The molecule has 0 aliphatic carbocycles. The topological polar surface area (TPSA) is 98.9 Å². The van der Waals surface area contributed by atoms with Crippen molar-refractivity contribution in [3.8, 4) is 0 Å². The molecule has 23 heavy (non-hydrogen) atoms. The lowest BCUT2D eigenvalue weighted by atomic mass is 10.1. The molecule has 0 bridgehead atoms. The molecule has 7 nitrogen and oxygen atoms in total. The van der Waals surface area contributed by atoms with E-state index in [0.29, 0.717) is 12.0 Å². The predicted molar refractivity (Wildman–Crippen MR) is 80.6 cm³/mol. The Morgan fingerprint density at radius 3 is 2.39 bits per heavy atom. The van der Waals surface area contributed by atoms with Gasteiger partial charge in [0.25, 0.3) is 5.69 Å². The van der Waals surface area contributed by atoms with Crippen molar-refractivity contribution in [1.29, 1.82) is 0 Å². The minimum atomic E-state index is -1.39. The number of carbonyl (C=O) groups is 1. The fourth-order valence-corrected chi connectivity index (χ4v) is 1.85. The molecule has 0 fully saturated rings. The van der Waals surface area contributed by atoms with Gasteiger partial charge in [-0.3, -0.25) is 10.1 Å². The van der Waals surface area contributed by atoms with Crippen molar-refractivity contribution in [3.05, 3.63) is 75.8 Å². The smallest absolute Gasteiger partial charge is 0.434 e. The van der Waals surface area contributed by atoms with E-state index in [0.717, 1.165) is 5.56 Å². The highest BCUT2D eigenvalue weighted by Crippen LogP contribution is 2.15. The van der Waals surface area contributed by atoms with Gasteiger partial charge in [0.05, 0.1) is 11.5 Å². The molecule has 0 aliphatic rings. The summed E-state index contributed by atoms with van der Waals surface area (Å²) in [6.07, 6.45) is -1.99. The van der Waals surface area contributed by atoms with Crippen molar-refractivity contribution in [2.75, 3.05) is 6.61 Å². The maximum Gasteiger partial charge on any atom is 0.510 e. The summed E-state index contributed by atoms with van der Waals surface area (Å²) in [6.45, 7) is 0.0398. The zero-order valence-corrected chi connectivity index (χ0v) is 12.1. The molecule has 0 aromatic heterocycles. The van der Waals surface area contributed by atoms with E-state index in [4.69, 9.17) is 9.47 Å². The van der Waals surface area contributed by atoms with Gasteiger partial charge in [-0.2, -0.15) is 0 Å². The van der Waals surface area contributed by atoms with Crippen LogP contribution < -0.4 is 0 Å². The van der Waals surface area contributed by atoms with Gasteiger partial charge in [0.2, 0.25) is 6.29 Å². The van der Waals surface area contributed by atoms with E-state index >= 15 is 0 Å². The molecule has 2 aromatic rings. The van der Waals surface area contributed by atoms with Gasteiger partial charge in [-0.25, -0.2) is 4.79 Å². The van der Waals surface area contributed by atoms with E-state index in [1.807, 2.05) is 0 Å². The van der Waals surface area contributed by atoms with Crippen LogP contribution in [-0.4, -0.2) is 22.8 Å². The summed E-state index contributed by atoms with van der Waals surface area (Å²) in [5.74, 6) is 0. The molecule has 0 radical (unpaired) electrons. The summed E-state index contributed by atoms with van der Waals surface area (Å²) in [7, 11) is 0. The van der Waals surface area contributed by atoms with Gasteiger partial charge in [0.1, 0.15) is 0 Å². The van der Waals surface area contributed by atoms with Crippen LogP contribution in [0.1, 0.15) is 17.4 Å². The molecular formula is C16H15NO6. The average molecular weight is 317 g/mol. The lowest BCUT2D eigenvalue weighted by Gasteiger charge is -2.12. The number of benzene rings is 2. The zero-order chi connectivity index (χ0) is 16.7. The maximum absolute atomic E-state index is 11.5. The van der Waals surface area contributed by atoms with Crippen LogP contribution in [0.2, 0.25) is 0 Å². The third-order valence-electron chi connectivity index (χ3n) is 3.05. The Balaban J connectivity index is 1.75. The number of hydrogen-bond donors (Lipinski definition) is 1. The number of hydrogen-bond acceptors (Lipinski definition) is 6. The molecule has 0 amide bonds. The van der Waals surface area contributed by atoms with Crippen LogP contribution in [0.4, 0.5) is 10.5 Å². The Bertz CT molecular complexity index is 656. The Morgan fingerprint density at radius 1 is 1.13 bits per heavy atom. The second-order valence-electron chi connectivity index (χ2n) is 4.65. The Hall–Kier alpha value is -2.93. The van der Waals surface area contributed by atoms with Crippen molar-refractivity contribution in [2.24, 2.45) is 0 Å². The summed E-state index contributed by atoms with van der Waals surface area (Å²) in [6, 6.07) is 14.4. The van der Waals surface area contributed by atoms with Crippen LogP contribution in [0.25, 0.3) is 0 Å². The van der Waals surface area contributed by atoms with E-state index in [9.17, 15) is 20.0 Å². The van der Waals surface area contributed by atoms with Gasteiger partial charge in [-0.1, -0.05) is 42.5 Å². The maximum atomic E-state index is 11.5. The van der Waals surface area contributed by atoms with Crippen LogP contribution in [0.3, 0.4) is 0 Å². The Kier molecular flexibility index (Phi) is 5.65. The molecule has 7 heteroatoms. The van der Waals surface area contributed by atoms with E-state index in [1.165, 1.54) is 12.1 Å². The first-order valence-corrected chi connectivity index (χ1v) is 6.86. The van der Waals surface area contributed by atoms with Crippen LogP contribution >= 0.6 is 0 Å². The van der Waals surface area contributed by atoms with Crippen molar-refractivity contribution in [1.82, 2.24) is 0 Å². The molecule has 0 aliphatic heterocycles. The molecule has 2 aromatic carbocycles. The number of carbonyl (C=O) groups excluding carboxylic acids is 1. The number of nitro groups is 1. The number of nitro benzene ring substituents is 1. The normalized spacial score (nSPS) is 11.5. The van der Waals surface area contributed by atoms with Crippen molar-refractivity contribution in [3.63, 3.8) is 0 Å². The number of ether oxygens (including phenoxy) is 2. The number of non-ortho nitro benzene ring substituents is 1. The second kappa shape index (κ2) is 7.90. The zero-order valence-electron chi connectivity index (χ0n) is 12.1. The molecule has 0 saturated heterocycles. The average Bonchev–Trinajstić information content (AvgIpc) is 2.56. The molecule has 1 atom stereocenters. The van der Waals surface area contributed by atoms with Gasteiger partial charge >= 0.3 is 6.16 Å². The molecule has 120 valence electrons. The minimum absolute atomic E-state index is 0.0000569. The highest BCUT2D eigenvalue weighted by Gasteiger charge is 2.14. The van der Waals surface area contributed by atoms with E-state index < -0.39 is 17.4 Å². The summed E-state index contributed by atoms with van der Waals surface area (Å²) >= 11 is 0. The third-order valence-corrected chi connectivity index (χ3v) is 3.05. The van der Waals surface area contributed by atoms with Gasteiger partial charge < -0.3 is 14.6 Å². The number of rotatable bonds is 6. The summed E-state index contributed by atoms with van der Waals surface area (Å²) < 4.78 is 9.59. The van der Waals surface area contributed by atoms with Crippen LogP contribution in [0.15, 0.2) is 54.6 Å². The van der Waals surface area contributed by atoms with Crippen molar-refractivity contribution in [2.45, 2.75) is 12.7 Å². The number of nitrogens with zero attached hydrogens (tertiary/aromatic N) is 1. The van der Waals surface area contributed by atoms with E-state index in [1.54, 1.807) is 42.5 Å². The first-order chi connectivity index (χ1) is 11.1. The highest BCUT2D eigenvalue weighted by molar-refractivity contribution is 5.60. The molecule has 1 N–H and O–H groups in total. The van der Waals surface area contributed by atoms with Gasteiger partial charge in [0, 0.05) is 24.1 Å². The Morgan fingerprint density at radius 2 is 1.78 bits per heavy atom. The lowest BCUT2D eigenvalue weighted by molar-refractivity contribution is -0.384. The van der Waals surface area contributed by atoms with Crippen LogP contribution in [-0.2, 0) is 15.9 Å². The van der Waals surface area contributed by atoms with Crippen LogP contribution in [0.5, 0.6) is 0 Å². The number of aliphatic hydroxyl groups is 1. The molecular weight excluding hydrogens is 302 g/mol. The van der Waals surface area contributed by atoms with Gasteiger partial charge in [-0.15, -0.1) is 0 Å². The minimum Gasteiger partial charge on any atom is -0.434 e. The molecule has 2 rings (SSSR count). The molecule has 1 unspecified atom stereocenters. The quantitative estimate of drug-likeness (QED) is 0.380. The molecule has 0 heterocycles. The SMILES string of the molecule is O=C(OCCc1ccc([N+](=O)[O-])cc1)OC(O)c1ccccc1. The fourth-order valence-electron chi connectivity index (χ4n) is 1.85. The van der Waals surface area contributed by atoms with E-state index in [2.05, 4.69) is 0 Å². The third kappa shape index (κ3) is 5.08. The van der Waals surface area contributed by atoms with Crippen LogP contribution in [0, 0.1) is 10.1 Å².